The van der Waals surface area contributed by atoms with Gasteiger partial charge >= 0.3 is 0 Å². The van der Waals surface area contributed by atoms with Crippen molar-refractivity contribution in [3.63, 3.8) is 0 Å². The van der Waals surface area contributed by atoms with Gasteiger partial charge in [0, 0.05) is 31.7 Å². The molecule has 0 bridgehead atoms. The summed E-state index contributed by atoms with van der Waals surface area (Å²) in [5, 5.41) is 12.5. The highest BCUT2D eigenvalue weighted by atomic mass is 16.5. The number of methoxy groups -OCH3 is 3. The Bertz CT molecular complexity index is 1040. The molecule has 1 aliphatic rings. The van der Waals surface area contributed by atoms with Crippen LogP contribution in [-0.4, -0.2) is 68.3 Å². The molecule has 9 heteroatoms. The summed E-state index contributed by atoms with van der Waals surface area (Å²) in [5.74, 6) is 1.53. The minimum Gasteiger partial charge on any atom is -0.493 e. The summed E-state index contributed by atoms with van der Waals surface area (Å²) in [5.41, 5.74) is 1.44. The predicted octanol–water partition coefficient (Wildman–Crippen LogP) is 1.93. The first kappa shape index (κ1) is 20.7. The highest BCUT2D eigenvalue weighted by Crippen LogP contribution is 2.39. The number of para-hydroxylation sites is 1. The van der Waals surface area contributed by atoms with Gasteiger partial charge in [0.1, 0.15) is 0 Å². The third-order valence-electron chi connectivity index (χ3n) is 5.14. The molecule has 1 N–H and O–H groups in total. The third-order valence-corrected chi connectivity index (χ3v) is 5.14. The zero-order chi connectivity index (χ0) is 21.8. The predicted molar refractivity (Wildman–Crippen MR) is 116 cm³/mol. The highest BCUT2D eigenvalue weighted by molar-refractivity contribution is 6.11. The SMILES string of the molecule is COc1cc(C(=O)c2nn(-c3ccccc3)nc2N2CCNCC2)cc(OC)c1OC. The zero-order valence-electron chi connectivity index (χ0n) is 17.8. The molecule has 0 atom stereocenters. The largest absolute Gasteiger partial charge is 0.493 e. The number of piperazine rings is 1. The van der Waals surface area contributed by atoms with E-state index in [0.29, 0.717) is 28.6 Å². The van der Waals surface area contributed by atoms with Crippen molar-refractivity contribution >= 4 is 11.6 Å². The molecule has 162 valence electrons. The lowest BCUT2D eigenvalue weighted by Gasteiger charge is -2.27. The topological polar surface area (TPSA) is 90.7 Å². The zero-order valence-corrected chi connectivity index (χ0v) is 17.8. The van der Waals surface area contributed by atoms with Crippen molar-refractivity contribution in [3.8, 4) is 22.9 Å². The number of nitrogens with one attached hydrogen (secondary N) is 1. The number of hydrogen-bond acceptors (Lipinski definition) is 8. The normalized spacial score (nSPS) is 13.7. The summed E-state index contributed by atoms with van der Waals surface area (Å²) in [6.45, 7) is 3.11. The molecule has 9 nitrogen and oxygen atoms in total. The van der Waals surface area contributed by atoms with Crippen LogP contribution < -0.4 is 24.4 Å². The molecular formula is C22H25N5O4. The number of carbonyl (C=O) groups excluding carboxylic acids is 1. The fraction of sp³-hybridized carbons (Fsp3) is 0.318. The summed E-state index contributed by atoms with van der Waals surface area (Å²) < 4.78 is 16.2. The number of carbonyl (C=O) groups is 1. The molecule has 2 heterocycles. The molecule has 4 rings (SSSR count). The van der Waals surface area contributed by atoms with Gasteiger partial charge in [0.2, 0.25) is 11.5 Å². The van der Waals surface area contributed by atoms with Crippen molar-refractivity contribution in [3.05, 3.63) is 53.7 Å². The smallest absolute Gasteiger partial charge is 0.217 e. The Hall–Kier alpha value is -3.59. The van der Waals surface area contributed by atoms with Crippen LogP contribution in [0.25, 0.3) is 5.69 Å². The molecule has 0 spiro atoms. The molecule has 2 aromatic carbocycles. The molecule has 0 saturated carbocycles. The van der Waals surface area contributed by atoms with Crippen LogP contribution >= 0.6 is 0 Å². The van der Waals surface area contributed by atoms with E-state index in [1.165, 1.54) is 26.1 Å². The lowest BCUT2D eigenvalue weighted by atomic mass is 10.1. The van der Waals surface area contributed by atoms with Gasteiger partial charge in [-0.25, -0.2) is 0 Å². The first-order valence-electron chi connectivity index (χ1n) is 9.99. The molecular weight excluding hydrogens is 398 g/mol. The van der Waals surface area contributed by atoms with Gasteiger partial charge in [-0.15, -0.1) is 15.0 Å². The number of rotatable bonds is 7. The van der Waals surface area contributed by atoms with Crippen molar-refractivity contribution < 1.29 is 19.0 Å². The van der Waals surface area contributed by atoms with Crippen LogP contribution in [0.3, 0.4) is 0 Å². The van der Waals surface area contributed by atoms with Crippen molar-refractivity contribution in [1.82, 2.24) is 20.3 Å². The Balaban J connectivity index is 1.81. The minimum atomic E-state index is -0.269. The van der Waals surface area contributed by atoms with E-state index in [2.05, 4.69) is 20.4 Å². The lowest BCUT2D eigenvalue weighted by Crippen LogP contribution is -2.44. The number of hydrogen-bond donors (Lipinski definition) is 1. The van der Waals surface area contributed by atoms with Crippen LogP contribution in [0.5, 0.6) is 17.2 Å². The lowest BCUT2D eigenvalue weighted by molar-refractivity contribution is 0.103. The van der Waals surface area contributed by atoms with Crippen molar-refractivity contribution in [2.75, 3.05) is 52.4 Å². The summed E-state index contributed by atoms with van der Waals surface area (Å²) in [7, 11) is 4.56. The number of benzene rings is 2. The standard InChI is InChI=1S/C22H25N5O4/c1-29-17-13-15(14-18(30-2)21(17)31-3)20(28)19-22(26-11-9-23-10-12-26)25-27(24-19)16-7-5-4-6-8-16/h4-8,13-14,23H,9-12H2,1-3H3. The van der Waals surface area contributed by atoms with Crippen LogP contribution in [0, 0.1) is 0 Å². The molecule has 0 unspecified atom stereocenters. The molecule has 0 radical (unpaired) electrons. The number of ether oxygens (including phenoxy) is 3. The highest BCUT2D eigenvalue weighted by Gasteiger charge is 2.27. The molecule has 31 heavy (non-hydrogen) atoms. The molecule has 3 aromatic rings. The number of nitrogens with zero attached hydrogens (tertiary/aromatic N) is 4. The average molecular weight is 423 g/mol. The van der Waals surface area contributed by atoms with E-state index in [-0.39, 0.29) is 11.5 Å². The van der Waals surface area contributed by atoms with Crippen LogP contribution in [0.1, 0.15) is 16.1 Å². The van der Waals surface area contributed by atoms with E-state index in [1.807, 2.05) is 30.3 Å². The summed E-state index contributed by atoms with van der Waals surface area (Å²) in [6, 6.07) is 12.8. The maximum absolute atomic E-state index is 13.6. The second-order valence-corrected chi connectivity index (χ2v) is 6.98. The van der Waals surface area contributed by atoms with Gasteiger partial charge in [-0.2, -0.15) is 0 Å². The quantitative estimate of drug-likeness (QED) is 0.577. The van der Waals surface area contributed by atoms with Gasteiger partial charge in [0.25, 0.3) is 0 Å². The van der Waals surface area contributed by atoms with Crippen molar-refractivity contribution in [1.29, 1.82) is 0 Å². The maximum atomic E-state index is 13.6. The second kappa shape index (κ2) is 9.05. The van der Waals surface area contributed by atoms with Crippen LogP contribution in [0.15, 0.2) is 42.5 Å². The Kier molecular flexibility index (Phi) is 6.03. The first-order chi connectivity index (χ1) is 15.2. The Morgan fingerprint density at radius 2 is 1.58 bits per heavy atom. The molecule has 1 aliphatic heterocycles. The van der Waals surface area contributed by atoms with Gasteiger partial charge in [0.05, 0.1) is 27.0 Å². The van der Waals surface area contributed by atoms with Gasteiger partial charge in [-0.3, -0.25) is 4.79 Å². The van der Waals surface area contributed by atoms with Gasteiger partial charge < -0.3 is 24.4 Å². The van der Waals surface area contributed by atoms with E-state index in [1.54, 1.807) is 12.1 Å². The van der Waals surface area contributed by atoms with E-state index < -0.39 is 0 Å². The summed E-state index contributed by atoms with van der Waals surface area (Å²) >= 11 is 0. The van der Waals surface area contributed by atoms with Gasteiger partial charge in [-0.05, 0) is 24.3 Å². The van der Waals surface area contributed by atoms with Crippen LogP contribution in [0.2, 0.25) is 0 Å². The van der Waals surface area contributed by atoms with E-state index >= 15 is 0 Å². The maximum Gasteiger partial charge on any atom is 0.217 e. The van der Waals surface area contributed by atoms with E-state index in [0.717, 1.165) is 31.9 Å². The van der Waals surface area contributed by atoms with Crippen molar-refractivity contribution in [2.45, 2.75) is 0 Å². The van der Waals surface area contributed by atoms with Gasteiger partial charge in [0.15, 0.2) is 23.0 Å². The summed E-state index contributed by atoms with van der Waals surface area (Å²) in [4.78, 5) is 17.2. The van der Waals surface area contributed by atoms with Crippen LogP contribution in [0.4, 0.5) is 5.82 Å². The third kappa shape index (κ3) is 4.04. The monoisotopic (exact) mass is 423 g/mol. The summed E-state index contributed by atoms with van der Waals surface area (Å²) in [6.07, 6.45) is 0. The fourth-order valence-corrected chi connectivity index (χ4v) is 3.56. The van der Waals surface area contributed by atoms with Crippen molar-refractivity contribution in [2.24, 2.45) is 0 Å². The second-order valence-electron chi connectivity index (χ2n) is 6.98. The number of ketones is 1. The Labute approximate surface area is 180 Å². The molecule has 1 saturated heterocycles. The minimum absolute atomic E-state index is 0.269. The number of aromatic nitrogens is 3. The van der Waals surface area contributed by atoms with Crippen LogP contribution in [-0.2, 0) is 0 Å². The van der Waals surface area contributed by atoms with E-state index in [9.17, 15) is 4.79 Å². The Morgan fingerprint density at radius 1 is 0.935 bits per heavy atom. The molecule has 1 fully saturated rings. The first-order valence-corrected chi connectivity index (χ1v) is 9.99. The van der Waals surface area contributed by atoms with E-state index in [4.69, 9.17) is 14.2 Å². The molecule has 1 aromatic heterocycles. The number of anilines is 1. The molecule has 0 aliphatic carbocycles. The average Bonchev–Trinajstić information content (AvgIpc) is 3.29. The van der Waals surface area contributed by atoms with Gasteiger partial charge in [-0.1, -0.05) is 18.2 Å². The molecule has 0 amide bonds. The fourth-order valence-electron chi connectivity index (χ4n) is 3.56. The Morgan fingerprint density at radius 3 is 2.16 bits per heavy atom.